The molecule has 0 aliphatic heterocycles. The summed E-state index contributed by atoms with van der Waals surface area (Å²) in [4.78, 5) is 11.5. The van der Waals surface area contributed by atoms with Gasteiger partial charge in [0.25, 0.3) is 0 Å². The normalized spacial score (nSPS) is 11.9. The molecule has 0 saturated heterocycles. The molecule has 0 spiro atoms. The maximum absolute atomic E-state index is 11.5. The number of allylic oxidation sites excluding steroid dienone is 1. The lowest BCUT2D eigenvalue weighted by Crippen LogP contribution is -2.13. The summed E-state index contributed by atoms with van der Waals surface area (Å²) in [5.41, 5.74) is 0.895. The minimum Gasteiger partial charge on any atom is -0.469 e. The first-order valence-electron chi connectivity index (χ1n) is 4.63. The van der Waals surface area contributed by atoms with Crippen molar-refractivity contribution >= 4 is 17.6 Å². The summed E-state index contributed by atoms with van der Waals surface area (Å²) >= 11 is 5.77. The third kappa shape index (κ3) is 3.10. The smallest absolute Gasteiger partial charge is 0.313 e. The number of rotatable bonds is 4. The molecule has 0 N–H and O–H groups in total. The van der Waals surface area contributed by atoms with Crippen LogP contribution in [0.25, 0.3) is 0 Å². The second kappa shape index (κ2) is 5.56. The van der Waals surface area contributed by atoms with Gasteiger partial charge in [-0.25, -0.2) is 0 Å². The molecule has 1 aromatic carbocycles. The van der Waals surface area contributed by atoms with Crippen molar-refractivity contribution in [1.82, 2.24) is 0 Å². The lowest BCUT2D eigenvalue weighted by atomic mass is 9.96. The molecule has 1 atom stereocenters. The lowest BCUT2D eigenvalue weighted by molar-refractivity contribution is -0.142. The second-order valence-corrected chi connectivity index (χ2v) is 3.59. The summed E-state index contributed by atoms with van der Waals surface area (Å²) in [5.74, 6) is -0.540. The molecule has 0 amide bonds. The van der Waals surface area contributed by atoms with Crippen molar-refractivity contribution < 1.29 is 9.53 Å². The fourth-order valence-corrected chi connectivity index (χ4v) is 1.50. The summed E-state index contributed by atoms with van der Waals surface area (Å²) in [6.07, 6.45) is 2.27. The van der Waals surface area contributed by atoms with Gasteiger partial charge in [-0.3, -0.25) is 4.79 Å². The van der Waals surface area contributed by atoms with Gasteiger partial charge < -0.3 is 4.74 Å². The molecule has 1 rings (SSSR count). The molecule has 3 heteroatoms. The topological polar surface area (TPSA) is 26.3 Å². The van der Waals surface area contributed by atoms with E-state index in [1.165, 1.54) is 7.11 Å². The highest BCUT2D eigenvalue weighted by molar-refractivity contribution is 6.30. The fraction of sp³-hybridized carbons (Fsp3) is 0.250. The van der Waals surface area contributed by atoms with Crippen LogP contribution in [0, 0.1) is 0 Å². The number of halogens is 1. The van der Waals surface area contributed by atoms with Crippen molar-refractivity contribution in [1.29, 1.82) is 0 Å². The maximum atomic E-state index is 11.5. The summed E-state index contributed by atoms with van der Waals surface area (Å²) in [7, 11) is 1.38. The van der Waals surface area contributed by atoms with Crippen molar-refractivity contribution in [2.45, 2.75) is 12.3 Å². The molecule has 0 bridgehead atoms. The van der Waals surface area contributed by atoms with Gasteiger partial charge in [-0.2, -0.15) is 0 Å². The van der Waals surface area contributed by atoms with E-state index in [9.17, 15) is 4.79 Å². The van der Waals surface area contributed by atoms with Crippen LogP contribution in [0.2, 0.25) is 5.02 Å². The van der Waals surface area contributed by atoms with Crippen LogP contribution in [0.1, 0.15) is 17.9 Å². The van der Waals surface area contributed by atoms with E-state index in [2.05, 4.69) is 6.58 Å². The first-order chi connectivity index (χ1) is 7.19. The van der Waals surface area contributed by atoms with Crippen LogP contribution in [0.5, 0.6) is 0 Å². The Morgan fingerprint density at radius 1 is 1.53 bits per heavy atom. The van der Waals surface area contributed by atoms with E-state index in [0.29, 0.717) is 11.4 Å². The third-order valence-electron chi connectivity index (χ3n) is 2.16. The number of carbonyl (C=O) groups is 1. The molecular formula is C12H13ClO2. The molecule has 1 unspecified atom stereocenters. The van der Waals surface area contributed by atoms with Crippen LogP contribution >= 0.6 is 11.6 Å². The number of esters is 1. The Morgan fingerprint density at radius 2 is 2.13 bits per heavy atom. The molecule has 1 aromatic rings. The van der Waals surface area contributed by atoms with Gasteiger partial charge in [0, 0.05) is 5.02 Å². The molecule has 0 radical (unpaired) electrons. The van der Waals surface area contributed by atoms with E-state index in [-0.39, 0.29) is 11.9 Å². The molecule has 0 aliphatic carbocycles. The van der Waals surface area contributed by atoms with Crippen molar-refractivity contribution in [3.8, 4) is 0 Å². The van der Waals surface area contributed by atoms with Crippen molar-refractivity contribution in [2.75, 3.05) is 7.11 Å². The zero-order valence-electron chi connectivity index (χ0n) is 8.57. The number of methoxy groups -OCH3 is 1. The predicted molar refractivity (Wildman–Crippen MR) is 61.0 cm³/mol. The standard InChI is InChI=1S/C12H13ClO2/c1-3-4-11(12(14)15-2)9-5-7-10(13)8-6-9/h3,5-8,11H,1,4H2,2H3. The molecule has 0 saturated carbocycles. The van der Waals surface area contributed by atoms with Gasteiger partial charge in [0.2, 0.25) is 0 Å². The molecule has 0 aromatic heterocycles. The number of ether oxygens (including phenoxy) is 1. The Balaban J connectivity index is 2.93. The van der Waals surface area contributed by atoms with Gasteiger partial charge in [-0.1, -0.05) is 29.8 Å². The third-order valence-corrected chi connectivity index (χ3v) is 2.41. The highest BCUT2D eigenvalue weighted by Crippen LogP contribution is 2.23. The Morgan fingerprint density at radius 3 is 2.60 bits per heavy atom. The average molecular weight is 225 g/mol. The molecule has 0 heterocycles. The molecular weight excluding hydrogens is 212 g/mol. The zero-order chi connectivity index (χ0) is 11.3. The van der Waals surface area contributed by atoms with E-state index >= 15 is 0 Å². The van der Waals surface area contributed by atoms with Crippen molar-refractivity contribution in [2.24, 2.45) is 0 Å². The largest absolute Gasteiger partial charge is 0.469 e. The zero-order valence-corrected chi connectivity index (χ0v) is 9.33. The average Bonchev–Trinajstić information content (AvgIpc) is 2.26. The summed E-state index contributed by atoms with van der Waals surface area (Å²) in [5, 5.41) is 0.654. The van der Waals surface area contributed by atoms with Gasteiger partial charge in [0.1, 0.15) is 0 Å². The van der Waals surface area contributed by atoms with Crippen molar-refractivity contribution in [3.63, 3.8) is 0 Å². The van der Waals surface area contributed by atoms with E-state index in [0.717, 1.165) is 5.56 Å². The van der Waals surface area contributed by atoms with Crippen LogP contribution in [-0.2, 0) is 9.53 Å². The molecule has 80 valence electrons. The van der Waals surface area contributed by atoms with Crippen molar-refractivity contribution in [3.05, 3.63) is 47.5 Å². The monoisotopic (exact) mass is 224 g/mol. The van der Waals surface area contributed by atoms with Crippen LogP contribution in [0.3, 0.4) is 0 Å². The summed E-state index contributed by atoms with van der Waals surface area (Å²) < 4.78 is 4.73. The molecule has 0 aliphatic rings. The van der Waals surface area contributed by atoms with Gasteiger partial charge in [-0.05, 0) is 24.1 Å². The quantitative estimate of drug-likeness (QED) is 0.580. The van der Waals surface area contributed by atoms with Gasteiger partial charge in [0.05, 0.1) is 13.0 Å². The van der Waals surface area contributed by atoms with Gasteiger partial charge in [-0.15, -0.1) is 6.58 Å². The van der Waals surface area contributed by atoms with Crippen LogP contribution in [0.4, 0.5) is 0 Å². The minimum atomic E-state index is -0.287. The van der Waals surface area contributed by atoms with Crippen LogP contribution < -0.4 is 0 Å². The molecule has 15 heavy (non-hydrogen) atoms. The first kappa shape index (κ1) is 11.8. The summed E-state index contributed by atoms with van der Waals surface area (Å²) in [6.45, 7) is 3.63. The lowest BCUT2D eigenvalue weighted by Gasteiger charge is -2.12. The number of benzene rings is 1. The maximum Gasteiger partial charge on any atom is 0.313 e. The van der Waals surface area contributed by atoms with E-state index < -0.39 is 0 Å². The van der Waals surface area contributed by atoms with E-state index in [1.54, 1.807) is 18.2 Å². The van der Waals surface area contributed by atoms with Crippen LogP contribution in [0.15, 0.2) is 36.9 Å². The Hall–Kier alpha value is -1.28. The Labute approximate surface area is 94.5 Å². The predicted octanol–water partition coefficient (Wildman–Crippen LogP) is 3.17. The highest BCUT2D eigenvalue weighted by Gasteiger charge is 2.19. The minimum absolute atomic E-state index is 0.253. The SMILES string of the molecule is C=CCC(C(=O)OC)c1ccc(Cl)cc1. The number of carbonyl (C=O) groups excluding carboxylic acids is 1. The highest BCUT2D eigenvalue weighted by atomic mass is 35.5. The summed E-state index contributed by atoms with van der Waals surface area (Å²) in [6, 6.07) is 7.17. The first-order valence-corrected chi connectivity index (χ1v) is 5.01. The number of hydrogen-bond donors (Lipinski definition) is 0. The number of hydrogen-bond acceptors (Lipinski definition) is 2. The second-order valence-electron chi connectivity index (χ2n) is 3.15. The molecule has 0 fully saturated rings. The van der Waals surface area contributed by atoms with E-state index in [4.69, 9.17) is 16.3 Å². The van der Waals surface area contributed by atoms with Gasteiger partial charge >= 0.3 is 5.97 Å². The fourth-order valence-electron chi connectivity index (χ4n) is 1.37. The van der Waals surface area contributed by atoms with E-state index in [1.807, 2.05) is 12.1 Å². The Kier molecular flexibility index (Phi) is 4.37. The molecule has 2 nitrogen and oxygen atoms in total. The van der Waals surface area contributed by atoms with Gasteiger partial charge in [0.15, 0.2) is 0 Å². The van der Waals surface area contributed by atoms with Crippen LogP contribution in [-0.4, -0.2) is 13.1 Å². The Bertz CT molecular complexity index is 343.